The molecule has 0 saturated heterocycles. The van der Waals surface area contributed by atoms with Crippen LogP contribution in [0, 0.1) is 60.0 Å². The van der Waals surface area contributed by atoms with E-state index in [-0.39, 0.29) is 49.6 Å². The van der Waals surface area contributed by atoms with Gasteiger partial charge in [0.25, 0.3) is 37.1 Å². The summed E-state index contributed by atoms with van der Waals surface area (Å²) in [5.41, 5.74) is -3.87. The molecule has 0 bridgehead atoms. The van der Waals surface area contributed by atoms with Gasteiger partial charge in [0.15, 0.2) is 46.5 Å². The minimum absolute atomic E-state index is 0.190. The van der Waals surface area contributed by atoms with Crippen LogP contribution in [0.3, 0.4) is 0 Å². The predicted molar refractivity (Wildman–Crippen MR) is 442 cm³/mol. The molecule has 0 heterocycles. The Morgan fingerprint density at radius 3 is 1.16 bits per heavy atom. The number of carbonyl (C=O) groups is 12. The molecular weight excluding hydrogens is 1860 g/mol. The molecule has 3 atom stereocenters. The minimum Gasteiger partial charge on any atom is -0.448 e. The molecule has 0 radical (unpaired) electrons. The first kappa shape index (κ1) is 114. The molecule has 39 heteroatoms. The monoisotopic (exact) mass is 1930 g/mol. The predicted octanol–water partition coefficient (Wildman–Crippen LogP) is 23.7. The Bertz CT molecular complexity index is 4950. The molecule has 0 aliphatic heterocycles. The van der Waals surface area contributed by atoms with Crippen molar-refractivity contribution in [2.24, 2.45) is 5.41 Å². The first-order valence-electron chi connectivity index (χ1n) is 33.9. The maximum Gasteiger partial charge on any atom is 0.430 e. The number of aryl methyl sites for hydroxylation is 2. The van der Waals surface area contributed by atoms with Gasteiger partial charge in [-0.25, -0.2) is 30.7 Å². The van der Waals surface area contributed by atoms with Gasteiger partial charge in [-0.15, -0.1) is 11.8 Å². The Morgan fingerprint density at radius 2 is 0.805 bits per heavy atom. The molecule has 0 N–H and O–H groups in total. The number of hydrogen-bond donors (Lipinski definition) is 0. The smallest absolute Gasteiger partial charge is 0.430 e. The molecule has 0 aliphatic rings. The highest BCUT2D eigenvalue weighted by Gasteiger charge is 2.62. The van der Waals surface area contributed by atoms with Crippen molar-refractivity contribution in [1.29, 1.82) is 0 Å². The van der Waals surface area contributed by atoms with E-state index in [4.69, 9.17) is 114 Å². The second kappa shape index (κ2) is 55.7. The van der Waals surface area contributed by atoms with E-state index in [9.17, 15) is 115 Å². The molecule has 16 nitrogen and oxygen atoms in total. The summed E-state index contributed by atoms with van der Waals surface area (Å²) in [7, 11) is 1.67. The van der Waals surface area contributed by atoms with Crippen LogP contribution in [-0.2, 0) is 70.2 Å². The van der Waals surface area contributed by atoms with Gasteiger partial charge in [-0.3, -0.25) is 57.5 Å². The SMILES string of the molecule is CC(=O)OC(C(=O)Cl)c1ccccc1.CC(=O)Oc1ccccc1C(=O)Cl.CC(C)(C)C(=O)Cl.CO[C@@](C(=O)Cl)(c1ccccc1)C(F)(F)F.CO[C@](C(C)=O)(c1ccccc1)C(F)(F)F.Cc1ccc(CC(=O)Cl)cc1C.O=C(Cl)CSc1ccccc1.O=C(Cl)c1cc(F)c(F)c(F)c1F.O=C(Cl)c1ccc(F)c(F)c1F.O=C(Cl)c1ccccc1. The third-order valence-electron chi connectivity index (χ3n) is 14.7. The summed E-state index contributed by atoms with van der Waals surface area (Å²) >= 11 is 47.4. The number of carbonyl (C=O) groups excluding carboxylic acids is 12. The summed E-state index contributed by atoms with van der Waals surface area (Å²) in [6.07, 6.45) is -10.4. The Hall–Kier alpha value is -9.41. The van der Waals surface area contributed by atoms with Gasteiger partial charge in [-0.1, -0.05) is 191 Å². The molecule has 0 aliphatic carbocycles. The van der Waals surface area contributed by atoms with Crippen molar-refractivity contribution in [2.45, 2.75) is 96.4 Å². The van der Waals surface area contributed by atoms with E-state index in [0.29, 0.717) is 29.4 Å². The standard InChI is InChI=1S/C11H11F3O2.C10H8ClF3O2.C10H9ClO3.C10H11ClO.C9H7ClO3.C8H7ClOS.C7HClF4O.C7H2ClF3O.C7H5ClO.C5H9ClO/c1-8(15)10(16-2,11(12,13)14)9-6-4-3-5-7-9;1-16-9(8(11)15,10(12,13)14)7-5-3-2-4-6-7;1-7(12)14-9(10(11)13)8-5-3-2-4-6-8;1-7-3-4-9(5-8(7)2)6-10(11)12;1-6(11)13-8-5-3-2-4-7(8)9(10)12;9-8(10)6-11-7-4-2-1-3-5-7;8-7(13)2-1-3(9)5(11)6(12)4(2)10;8-7(12)3-1-2-4(9)6(11)5(3)10;8-7(9)6-4-2-1-3-5-6;1-5(2,3)4(6)7/h3-7H,1-2H3;2-6H,1H3;2-6,9H,1H3;3-5H,6H2,1-2H3;2-5H,1H3;1-5H,6H2;1H;1-2H;1-5H;1-3H3/t10-;9-;;;;;;;;/m11......../s1. The Morgan fingerprint density at radius 1 is 0.398 bits per heavy atom. The summed E-state index contributed by atoms with van der Waals surface area (Å²) in [5.74, 6) is -13.7. The number of hydrogen-bond acceptors (Lipinski definition) is 17. The Kier molecular flexibility index (Phi) is 51.5. The van der Waals surface area contributed by atoms with Gasteiger partial charge in [0.1, 0.15) is 5.75 Å². The third-order valence-corrected chi connectivity index (χ3v) is 17.9. The highest BCUT2D eigenvalue weighted by molar-refractivity contribution is 8.00. The van der Waals surface area contributed by atoms with E-state index in [2.05, 4.69) is 9.47 Å². The highest BCUT2D eigenvalue weighted by atomic mass is 35.5. The summed E-state index contributed by atoms with van der Waals surface area (Å²) < 4.78 is 183. The summed E-state index contributed by atoms with van der Waals surface area (Å²) in [6.45, 7) is 12.8. The number of benzene rings is 9. The van der Waals surface area contributed by atoms with Gasteiger partial charge >= 0.3 is 24.3 Å². The van der Waals surface area contributed by atoms with E-state index < -0.39 is 131 Å². The van der Waals surface area contributed by atoms with Crippen molar-refractivity contribution < 1.29 is 134 Å². The maximum absolute atomic E-state index is 13.0. The number of rotatable bonds is 19. The van der Waals surface area contributed by atoms with Crippen LogP contribution in [0.25, 0.3) is 0 Å². The van der Waals surface area contributed by atoms with E-state index in [1.54, 1.807) is 93.6 Å². The fraction of sp³-hybridized carbons (Fsp3) is 0.214. The van der Waals surface area contributed by atoms with E-state index in [1.807, 2.05) is 68.4 Å². The number of ether oxygens (including phenoxy) is 4. The zero-order valence-electron chi connectivity index (χ0n) is 65.5. The van der Waals surface area contributed by atoms with Crippen LogP contribution in [-0.4, -0.2) is 97.2 Å². The van der Waals surface area contributed by atoms with Crippen molar-refractivity contribution >= 4 is 181 Å². The van der Waals surface area contributed by atoms with Crippen LogP contribution < -0.4 is 4.74 Å². The lowest BCUT2D eigenvalue weighted by Crippen LogP contribution is -2.49. The second-order valence-electron chi connectivity index (χ2n) is 24.6. The molecule has 1 unspecified atom stereocenters. The van der Waals surface area contributed by atoms with Crippen molar-refractivity contribution in [3.8, 4) is 5.75 Å². The zero-order valence-corrected chi connectivity index (χ0v) is 73.1. The summed E-state index contributed by atoms with van der Waals surface area (Å²) in [6, 6.07) is 54.3. The molecular formula is C84H70Cl9F13O16S. The number of halogens is 22. The molecule has 0 amide bonds. The van der Waals surface area contributed by atoms with Crippen molar-refractivity contribution in [1.82, 2.24) is 0 Å². The normalized spacial score (nSPS) is 11.6. The molecule has 0 saturated carbocycles. The largest absolute Gasteiger partial charge is 0.448 e. The average molecular weight is 1930 g/mol. The lowest BCUT2D eigenvalue weighted by atomic mass is 9.89. The van der Waals surface area contributed by atoms with Crippen LogP contribution in [0.5, 0.6) is 5.75 Å². The average Bonchev–Trinajstić information content (AvgIpc) is 0.766. The number of para-hydroxylation sites is 1. The lowest BCUT2D eigenvalue weighted by molar-refractivity contribution is -0.263. The fourth-order valence-corrected chi connectivity index (χ4v) is 10.6. The highest BCUT2D eigenvalue weighted by Crippen LogP contribution is 2.44. The number of Topliss-reactive ketones (excluding diaryl/α,β-unsaturated/α-hetero) is 1. The summed E-state index contributed by atoms with van der Waals surface area (Å²) in [4.78, 5) is 129. The van der Waals surface area contributed by atoms with E-state index >= 15 is 0 Å². The maximum atomic E-state index is 13.0. The number of methoxy groups -OCH3 is 2. The van der Waals surface area contributed by atoms with Gasteiger partial charge in [0.05, 0.1) is 22.4 Å². The molecule has 123 heavy (non-hydrogen) atoms. The Balaban J connectivity index is 0.00000135. The fourth-order valence-electron chi connectivity index (χ4n) is 8.60. The molecule has 662 valence electrons. The first-order chi connectivity index (χ1) is 57.0. The van der Waals surface area contributed by atoms with Gasteiger partial charge in [-0.05, 0) is 184 Å². The van der Waals surface area contributed by atoms with Crippen molar-refractivity contribution in [2.75, 3.05) is 20.0 Å². The van der Waals surface area contributed by atoms with Gasteiger partial charge in [0.2, 0.25) is 27.4 Å². The number of alkyl halides is 6. The molecule has 0 fully saturated rings. The van der Waals surface area contributed by atoms with Gasteiger partial charge in [0, 0.05) is 67.1 Å². The van der Waals surface area contributed by atoms with Crippen LogP contribution in [0.4, 0.5) is 57.1 Å². The van der Waals surface area contributed by atoms with Crippen LogP contribution in [0.2, 0.25) is 0 Å². The number of thioether (sulfide) groups is 1. The topological polar surface area (TPSA) is 242 Å². The number of ketones is 1. The summed E-state index contributed by atoms with van der Waals surface area (Å²) in [5, 5.41) is -6.82. The lowest BCUT2D eigenvalue weighted by Gasteiger charge is -2.32. The van der Waals surface area contributed by atoms with Crippen molar-refractivity contribution in [3.63, 3.8) is 0 Å². The van der Waals surface area contributed by atoms with Gasteiger partial charge in [-0.2, -0.15) is 26.3 Å². The zero-order chi connectivity index (χ0) is 94.7. The first-order valence-corrected chi connectivity index (χ1v) is 38.3. The number of esters is 2. The van der Waals surface area contributed by atoms with Gasteiger partial charge < -0.3 is 18.9 Å². The molecule has 0 aromatic heterocycles. The van der Waals surface area contributed by atoms with E-state index in [0.717, 1.165) is 49.8 Å². The van der Waals surface area contributed by atoms with Crippen molar-refractivity contribution in [3.05, 3.63) is 309 Å². The van der Waals surface area contributed by atoms with E-state index in [1.165, 1.54) is 91.3 Å². The Labute approximate surface area is 745 Å². The molecule has 0 spiro atoms. The quantitative estimate of drug-likeness (QED) is 0.0139. The minimum atomic E-state index is -4.91. The molecule has 9 rings (SSSR count). The second-order valence-corrected chi connectivity index (χ2v) is 28.9. The van der Waals surface area contributed by atoms with Crippen LogP contribution in [0.15, 0.2) is 217 Å². The molecule has 9 aromatic carbocycles. The van der Waals surface area contributed by atoms with Crippen LogP contribution in [0.1, 0.15) is 122 Å². The van der Waals surface area contributed by atoms with Crippen LogP contribution >= 0.6 is 116 Å². The third kappa shape index (κ3) is 39.6. The molecule has 9 aromatic rings.